The maximum absolute atomic E-state index is 12.4. The lowest BCUT2D eigenvalue weighted by Gasteiger charge is -2.28. The van der Waals surface area contributed by atoms with Crippen LogP contribution in [-0.2, 0) is 14.3 Å². The molecule has 0 bridgehead atoms. The minimum atomic E-state index is -0.600. The summed E-state index contributed by atoms with van der Waals surface area (Å²) < 4.78 is 10.7. The molecule has 0 aromatic carbocycles. The van der Waals surface area contributed by atoms with Crippen LogP contribution >= 0.6 is 0 Å². The molecule has 0 aliphatic rings. The van der Waals surface area contributed by atoms with E-state index in [0.29, 0.717) is 13.2 Å². The lowest BCUT2D eigenvalue weighted by Crippen LogP contribution is -2.46. The van der Waals surface area contributed by atoms with Crippen molar-refractivity contribution in [3.63, 3.8) is 0 Å². The molecule has 0 fully saturated rings. The van der Waals surface area contributed by atoms with Gasteiger partial charge in [-0.15, -0.1) is 0 Å². The van der Waals surface area contributed by atoms with Crippen molar-refractivity contribution in [1.82, 2.24) is 4.90 Å². The van der Waals surface area contributed by atoms with Gasteiger partial charge in [-0.05, 0) is 18.8 Å². The third-order valence-electron chi connectivity index (χ3n) is 5.04. The van der Waals surface area contributed by atoms with E-state index in [4.69, 9.17) is 9.47 Å². The number of amides is 1. The van der Waals surface area contributed by atoms with E-state index in [1.807, 2.05) is 20.8 Å². The van der Waals surface area contributed by atoms with Crippen molar-refractivity contribution in [3.8, 4) is 0 Å². The van der Waals surface area contributed by atoms with Crippen LogP contribution in [0.4, 0.5) is 4.79 Å². The van der Waals surface area contributed by atoms with Crippen molar-refractivity contribution in [1.29, 1.82) is 0 Å². The van der Waals surface area contributed by atoms with Gasteiger partial charge in [-0.25, -0.2) is 9.59 Å². The molecular weight excluding hydrogens is 354 g/mol. The van der Waals surface area contributed by atoms with Gasteiger partial charge in [0.25, 0.3) is 0 Å². The van der Waals surface area contributed by atoms with Gasteiger partial charge >= 0.3 is 12.1 Å². The molecule has 5 nitrogen and oxygen atoms in total. The molecule has 5 heteroatoms. The third kappa shape index (κ3) is 13.0. The Balaban J connectivity index is 3.97. The molecule has 0 aliphatic heterocycles. The standard InChI is InChI=1S/C23H45NO4/c1-6-8-10-11-12-13-14-15-16-17-19-27-22(25)21(20(3)4)24(5)23(26)28-18-9-7-2/h20-21H,6-19H2,1-5H3. The average molecular weight is 400 g/mol. The van der Waals surface area contributed by atoms with Crippen LogP contribution in [0.1, 0.15) is 105 Å². The molecule has 0 rings (SSSR count). The second-order valence-corrected chi connectivity index (χ2v) is 8.12. The Hall–Kier alpha value is -1.26. The molecule has 0 heterocycles. The maximum Gasteiger partial charge on any atom is 0.410 e. The molecule has 0 radical (unpaired) electrons. The normalized spacial score (nSPS) is 12.1. The van der Waals surface area contributed by atoms with Crippen LogP contribution in [0.15, 0.2) is 0 Å². The summed E-state index contributed by atoms with van der Waals surface area (Å²) in [5.74, 6) is -0.357. The number of hydrogen-bond donors (Lipinski definition) is 0. The van der Waals surface area contributed by atoms with Crippen LogP contribution in [0.25, 0.3) is 0 Å². The van der Waals surface area contributed by atoms with Gasteiger partial charge in [0.2, 0.25) is 0 Å². The first-order valence-corrected chi connectivity index (χ1v) is 11.5. The van der Waals surface area contributed by atoms with Gasteiger partial charge in [0, 0.05) is 7.05 Å². The first-order valence-electron chi connectivity index (χ1n) is 11.5. The second-order valence-electron chi connectivity index (χ2n) is 8.12. The highest BCUT2D eigenvalue weighted by Gasteiger charge is 2.32. The fourth-order valence-electron chi connectivity index (χ4n) is 3.24. The number of likely N-dealkylation sites (N-methyl/N-ethyl adjacent to an activating group) is 1. The number of carbonyl (C=O) groups excluding carboxylic acids is 2. The summed E-state index contributed by atoms with van der Waals surface area (Å²) in [6.07, 6.45) is 13.8. The first-order chi connectivity index (χ1) is 13.5. The number of rotatable bonds is 17. The average Bonchev–Trinajstić information content (AvgIpc) is 2.66. The molecule has 1 amide bonds. The third-order valence-corrected chi connectivity index (χ3v) is 5.04. The lowest BCUT2D eigenvalue weighted by molar-refractivity contribution is -0.150. The molecule has 0 aromatic rings. The SMILES string of the molecule is CCCCCCCCCCCCOC(=O)C(C(C)C)N(C)C(=O)OCCCC. The summed E-state index contributed by atoms with van der Waals surface area (Å²) >= 11 is 0. The van der Waals surface area contributed by atoms with E-state index in [2.05, 4.69) is 6.92 Å². The summed E-state index contributed by atoms with van der Waals surface area (Å²) in [6.45, 7) is 8.94. The molecule has 28 heavy (non-hydrogen) atoms. The fraction of sp³-hybridized carbons (Fsp3) is 0.913. The number of unbranched alkanes of at least 4 members (excludes halogenated alkanes) is 10. The van der Waals surface area contributed by atoms with Gasteiger partial charge in [-0.1, -0.05) is 91.9 Å². The van der Waals surface area contributed by atoms with Crippen molar-refractivity contribution in [2.24, 2.45) is 5.92 Å². The van der Waals surface area contributed by atoms with E-state index in [1.54, 1.807) is 7.05 Å². The van der Waals surface area contributed by atoms with Crippen molar-refractivity contribution in [2.75, 3.05) is 20.3 Å². The topological polar surface area (TPSA) is 55.8 Å². The number of nitrogens with zero attached hydrogens (tertiary/aromatic N) is 1. The predicted molar refractivity (Wildman–Crippen MR) is 115 cm³/mol. The number of ether oxygens (including phenoxy) is 2. The van der Waals surface area contributed by atoms with E-state index in [1.165, 1.54) is 56.3 Å². The minimum Gasteiger partial charge on any atom is -0.464 e. The van der Waals surface area contributed by atoms with Gasteiger partial charge in [-0.2, -0.15) is 0 Å². The van der Waals surface area contributed by atoms with Crippen LogP contribution in [0.3, 0.4) is 0 Å². The lowest BCUT2D eigenvalue weighted by atomic mass is 10.0. The molecule has 0 saturated carbocycles. The Labute approximate surface area is 173 Å². The quantitative estimate of drug-likeness (QED) is 0.211. The summed E-state index contributed by atoms with van der Waals surface area (Å²) in [7, 11) is 1.61. The van der Waals surface area contributed by atoms with Gasteiger partial charge < -0.3 is 9.47 Å². The molecule has 0 saturated heterocycles. The number of esters is 1. The van der Waals surface area contributed by atoms with Crippen LogP contribution in [0.2, 0.25) is 0 Å². The van der Waals surface area contributed by atoms with E-state index in [0.717, 1.165) is 25.7 Å². The molecule has 0 N–H and O–H groups in total. The fourth-order valence-corrected chi connectivity index (χ4v) is 3.24. The van der Waals surface area contributed by atoms with Gasteiger partial charge in [0.15, 0.2) is 0 Å². The smallest absolute Gasteiger partial charge is 0.410 e. The summed E-state index contributed by atoms with van der Waals surface area (Å²) in [6, 6.07) is -0.600. The highest BCUT2D eigenvalue weighted by Crippen LogP contribution is 2.14. The predicted octanol–water partition coefficient (Wildman–Crippen LogP) is 6.34. The Bertz CT molecular complexity index is 398. The highest BCUT2D eigenvalue weighted by molar-refractivity contribution is 5.81. The molecule has 1 unspecified atom stereocenters. The van der Waals surface area contributed by atoms with Crippen molar-refractivity contribution >= 4 is 12.1 Å². The number of hydrogen-bond acceptors (Lipinski definition) is 4. The highest BCUT2D eigenvalue weighted by atomic mass is 16.6. The van der Waals surface area contributed by atoms with Gasteiger partial charge in [0.05, 0.1) is 13.2 Å². The van der Waals surface area contributed by atoms with E-state index >= 15 is 0 Å². The molecule has 0 spiro atoms. The Kier molecular flexibility index (Phi) is 17.0. The zero-order chi connectivity index (χ0) is 21.2. The van der Waals surface area contributed by atoms with Crippen molar-refractivity contribution in [3.05, 3.63) is 0 Å². The zero-order valence-electron chi connectivity index (χ0n) is 19.1. The molecule has 0 aliphatic carbocycles. The first kappa shape index (κ1) is 26.7. The molecule has 1 atom stereocenters. The van der Waals surface area contributed by atoms with E-state index in [-0.39, 0.29) is 11.9 Å². The summed E-state index contributed by atoms with van der Waals surface area (Å²) in [5.41, 5.74) is 0. The Morgan fingerprint density at radius 1 is 0.714 bits per heavy atom. The largest absolute Gasteiger partial charge is 0.464 e. The van der Waals surface area contributed by atoms with E-state index in [9.17, 15) is 9.59 Å². The molecule has 166 valence electrons. The molecule has 0 aromatic heterocycles. The second kappa shape index (κ2) is 17.8. The zero-order valence-corrected chi connectivity index (χ0v) is 19.1. The Morgan fingerprint density at radius 2 is 1.18 bits per heavy atom. The van der Waals surface area contributed by atoms with E-state index < -0.39 is 12.1 Å². The van der Waals surface area contributed by atoms with Crippen LogP contribution in [0.5, 0.6) is 0 Å². The van der Waals surface area contributed by atoms with Gasteiger partial charge in [0.1, 0.15) is 6.04 Å². The van der Waals surface area contributed by atoms with Gasteiger partial charge in [-0.3, -0.25) is 4.90 Å². The maximum atomic E-state index is 12.4. The van der Waals surface area contributed by atoms with Crippen molar-refractivity contribution < 1.29 is 19.1 Å². The van der Waals surface area contributed by atoms with Crippen LogP contribution < -0.4 is 0 Å². The van der Waals surface area contributed by atoms with Crippen LogP contribution in [0, 0.1) is 5.92 Å². The minimum absolute atomic E-state index is 0.0241. The number of carbonyl (C=O) groups is 2. The Morgan fingerprint density at radius 3 is 1.68 bits per heavy atom. The van der Waals surface area contributed by atoms with Crippen molar-refractivity contribution in [2.45, 2.75) is 111 Å². The molecular formula is C23H45NO4. The summed E-state index contributed by atoms with van der Waals surface area (Å²) in [4.78, 5) is 25.9. The monoisotopic (exact) mass is 399 g/mol. The summed E-state index contributed by atoms with van der Waals surface area (Å²) in [5, 5.41) is 0. The van der Waals surface area contributed by atoms with Crippen LogP contribution in [-0.4, -0.2) is 43.3 Å².